The maximum Gasteiger partial charge on any atom is 0.195 e. The van der Waals surface area contributed by atoms with Gasteiger partial charge in [-0.15, -0.1) is 6.58 Å². The summed E-state index contributed by atoms with van der Waals surface area (Å²) in [5.74, 6) is 0.867. The van der Waals surface area contributed by atoms with Gasteiger partial charge in [0.15, 0.2) is 25.6 Å². The third-order valence-corrected chi connectivity index (χ3v) is 10.9. The van der Waals surface area contributed by atoms with E-state index in [4.69, 9.17) is 13.9 Å². The fraction of sp³-hybridized carbons (Fsp3) is 0.429. The SMILES string of the molecule is C=CCCC(O)(CCc1ccc(Oc2cc(C=C)ccc2OC)cc1)O[Si](C)(C)C(C)(C)C. The Balaban J connectivity index is 2.11. The van der Waals surface area contributed by atoms with Crippen LogP contribution in [0.3, 0.4) is 0 Å². The molecule has 0 aliphatic carbocycles. The molecule has 0 aliphatic heterocycles. The number of aliphatic hydroxyl groups is 1. The van der Waals surface area contributed by atoms with E-state index in [-0.39, 0.29) is 5.04 Å². The Morgan fingerprint density at radius 1 is 0.970 bits per heavy atom. The van der Waals surface area contributed by atoms with Gasteiger partial charge in [0.05, 0.1) is 7.11 Å². The van der Waals surface area contributed by atoms with Gasteiger partial charge in [-0.3, -0.25) is 0 Å². The first-order valence-corrected chi connectivity index (χ1v) is 14.4. The van der Waals surface area contributed by atoms with Crippen LogP contribution in [0.5, 0.6) is 17.2 Å². The molecule has 0 aliphatic rings. The van der Waals surface area contributed by atoms with Crippen LogP contribution in [-0.2, 0) is 10.8 Å². The molecule has 4 nitrogen and oxygen atoms in total. The quantitative estimate of drug-likeness (QED) is 0.197. The molecule has 1 N–H and O–H groups in total. The molecule has 33 heavy (non-hydrogen) atoms. The Labute approximate surface area is 201 Å². The van der Waals surface area contributed by atoms with E-state index in [1.54, 1.807) is 13.2 Å². The number of allylic oxidation sites excluding steroid dienone is 1. The van der Waals surface area contributed by atoms with E-state index in [0.717, 1.165) is 16.9 Å². The van der Waals surface area contributed by atoms with E-state index in [1.807, 2.05) is 48.5 Å². The Bertz CT molecular complexity index is 928. The molecule has 0 aromatic heterocycles. The number of hydrogen-bond acceptors (Lipinski definition) is 4. The van der Waals surface area contributed by atoms with Crippen LogP contribution in [0, 0.1) is 0 Å². The molecule has 0 saturated heterocycles. The van der Waals surface area contributed by atoms with Crippen molar-refractivity contribution < 1.29 is 19.0 Å². The third kappa shape index (κ3) is 7.59. The zero-order valence-electron chi connectivity index (χ0n) is 21.1. The summed E-state index contributed by atoms with van der Waals surface area (Å²) in [5.41, 5.74) is 2.08. The van der Waals surface area contributed by atoms with Crippen LogP contribution in [0.1, 0.15) is 51.2 Å². The Hall–Kier alpha value is -2.34. The normalized spacial score (nSPS) is 13.8. The molecular formula is C28H40O4Si. The van der Waals surface area contributed by atoms with E-state index in [2.05, 4.69) is 47.0 Å². The molecule has 5 heteroatoms. The van der Waals surface area contributed by atoms with Crippen molar-refractivity contribution in [2.45, 2.75) is 70.4 Å². The monoisotopic (exact) mass is 468 g/mol. The first kappa shape index (κ1) is 26.9. The van der Waals surface area contributed by atoms with Crippen molar-refractivity contribution in [1.82, 2.24) is 0 Å². The molecule has 180 valence electrons. The van der Waals surface area contributed by atoms with E-state index in [9.17, 15) is 5.11 Å². The van der Waals surface area contributed by atoms with Crippen molar-refractivity contribution in [2.24, 2.45) is 0 Å². The van der Waals surface area contributed by atoms with Gasteiger partial charge in [0, 0.05) is 12.8 Å². The van der Waals surface area contributed by atoms with E-state index in [1.165, 1.54) is 0 Å². The molecule has 0 saturated carbocycles. The molecule has 1 atom stereocenters. The summed E-state index contributed by atoms with van der Waals surface area (Å²) >= 11 is 0. The van der Waals surface area contributed by atoms with Crippen molar-refractivity contribution >= 4 is 14.4 Å². The van der Waals surface area contributed by atoms with Crippen LogP contribution in [0.15, 0.2) is 61.7 Å². The molecule has 0 radical (unpaired) electrons. The highest BCUT2D eigenvalue weighted by molar-refractivity contribution is 6.74. The van der Waals surface area contributed by atoms with Crippen LogP contribution in [-0.4, -0.2) is 26.3 Å². The van der Waals surface area contributed by atoms with Gasteiger partial charge in [-0.05, 0) is 66.4 Å². The molecular weight excluding hydrogens is 428 g/mol. The minimum atomic E-state index is -2.12. The average molecular weight is 469 g/mol. The number of aryl methyl sites for hydroxylation is 1. The van der Waals surface area contributed by atoms with E-state index < -0.39 is 14.1 Å². The molecule has 2 aromatic carbocycles. The van der Waals surface area contributed by atoms with Crippen LogP contribution in [0.2, 0.25) is 18.1 Å². The van der Waals surface area contributed by atoms with E-state index >= 15 is 0 Å². The summed E-state index contributed by atoms with van der Waals surface area (Å²) in [6.07, 6.45) is 6.10. The second-order valence-electron chi connectivity index (χ2n) is 10.00. The van der Waals surface area contributed by atoms with Crippen LogP contribution >= 0.6 is 0 Å². The van der Waals surface area contributed by atoms with Crippen molar-refractivity contribution in [3.05, 3.63) is 72.8 Å². The standard InChI is InChI=1S/C28H40O4Si/c1-9-11-19-28(29,32-33(7,8)27(3,4)5)20-18-23-12-15-24(16-13-23)31-26-21-22(10-2)14-17-25(26)30-6/h9-10,12-17,21,29H,1-2,11,18-20H2,3-8H3. The Morgan fingerprint density at radius 2 is 1.64 bits per heavy atom. The summed E-state index contributed by atoms with van der Waals surface area (Å²) in [7, 11) is -0.498. The zero-order valence-corrected chi connectivity index (χ0v) is 22.1. The van der Waals surface area contributed by atoms with Crippen molar-refractivity contribution in [2.75, 3.05) is 7.11 Å². The maximum atomic E-state index is 11.4. The molecule has 0 heterocycles. The minimum Gasteiger partial charge on any atom is -0.493 e. The minimum absolute atomic E-state index is 0.0259. The van der Waals surface area contributed by atoms with Gasteiger partial charge in [-0.25, -0.2) is 0 Å². The van der Waals surface area contributed by atoms with Gasteiger partial charge in [0.2, 0.25) is 0 Å². The van der Waals surface area contributed by atoms with E-state index in [0.29, 0.717) is 37.2 Å². The highest BCUT2D eigenvalue weighted by Gasteiger charge is 2.43. The molecule has 0 amide bonds. The molecule has 2 aromatic rings. The third-order valence-electron chi connectivity index (χ3n) is 6.37. The molecule has 2 rings (SSSR count). The van der Waals surface area contributed by atoms with Gasteiger partial charge in [0.1, 0.15) is 5.75 Å². The topological polar surface area (TPSA) is 47.9 Å². The smallest absolute Gasteiger partial charge is 0.195 e. The van der Waals surface area contributed by atoms with Gasteiger partial charge >= 0.3 is 0 Å². The first-order valence-electron chi connectivity index (χ1n) is 11.5. The second-order valence-corrected chi connectivity index (χ2v) is 14.7. The largest absolute Gasteiger partial charge is 0.493 e. The number of ether oxygens (including phenoxy) is 2. The molecule has 0 bridgehead atoms. The van der Waals surface area contributed by atoms with Gasteiger partial charge in [-0.2, -0.15) is 0 Å². The predicted molar refractivity (Wildman–Crippen MR) is 141 cm³/mol. The van der Waals surface area contributed by atoms with Crippen LogP contribution < -0.4 is 9.47 Å². The zero-order chi connectivity index (χ0) is 24.7. The van der Waals surface area contributed by atoms with Gasteiger partial charge < -0.3 is 19.0 Å². The molecule has 0 spiro atoms. The number of hydrogen-bond donors (Lipinski definition) is 1. The first-order chi connectivity index (χ1) is 15.4. The average Bonchev–Trinajstić information content (AvgIpc) is 2.76. The van der Waals surface area contributed by atoms with Crippen molar-refractivity contribution in [3.8, 4) is 17.2 Å². The lowest BCUT2D eigenvalue weighted by Gasteiger charge is -2.43. The Kier molecular flexibility index (Phi) is 9.12. The second kappa shape index (κ2) is 11.2. The summed E-state index contributed by atoms with van der Waals surface area (Å²) in [5, 5.41) is 11.4. The summed E-state index contributed by atoms with van der Waals surface area (Å²) in [6.45, 7) is 18.5. The predicted octanol–water partition coefficient (Wildman–Crippen LogP) is 7.74. The lowest BCUT2D eigenvalue weighted by molar-refractivity contribution is -0.156. The maximum absolute atomic E-state index is 11.4. The lowest BCUT2D eigenvalue weighted by atomic mass is 10.0. The number of rotatable bonds is 12. The fourth-order valence-corrected chi connectivity index (χ4v) is 4.73. The number of methoxy groups -OCH3 is 1. The van der Waals surface area contributed by atoms with Crippen molar-refractivity contribution in [1.29, 1.82) is 0 Å². The summed E-state index contributed by atoms with van der Waals surface area (Å²) < 4.78 is 17.9. The highest BCUT2D eigenvalue weighted by atomic mass is 28.4. The molecule has 1 unspecified atom stereocenters. The van der Waals surface area contributed by atoms with Crippen LogP contribution in [0.25, 0.3) is 6.08 Å². The highest BCUT2D eigenvalue weighted by Crippen LogP contribution is 2.41. The number of benzene rings is 2. The summed E-state index contributed by atoms with van der Waals surface area (Å²) in [6, 6.07) is 13.6. The van der Waals surface area contributed by atoms with Crippen LogP contribution in [0.4, 0.5) is 0 Å². The Morgan fingerprint density at radius 3 is 2.18 bits per heavy atom. The summed E-state index contributed by atoms with van der Waals surface area (Å²) in [4.78, 5) is 0. The fourth-order valence-electron chi connectivity index (χ4n) is 3.27. The lowest BCUT2D eigenvalue weighted by Crippen LogP contribution is -2.50. The van der Waals surface area contributed by atoms with Gasteiger partial charge in [0.25, 0.3) is 0 Å². The molecule has 0 fully saturated rings. The van der Waals surface area contributed by atoms with Gasteiger partial charge in [-0.1, -0.05) is 57.7 Å². The van der Waals surface area contributed by atoms with Crippen molar-refractivity contribution in [3.63, 3.8) is 0 Å².